The molecule has 2 heterocycles. The van der Waals surface area contributed by atoms with Crippen molar-refractivity contribution in [2.45, 2.75) is 6.54 Å². The highest BCUT2D eigenvalue weighted by Crippen LogP contribution is 2.30. The standard InChI is InChI=1S/C30H26Cl2FN3O2/c31-26-4-2-1-3-22(26)20-35-15-17-36(18-16-35)28-12-9-24(19-27(28)32)34-30(37)14-11-25-10-13-29(38-25)21-5-7-23(33)8-6-21/h1-14,19H,15-18,20H2,(H,34,37)/b14-11+. The first-order valence-corrected chi connectivity index (χ1v) is 13.1. The summed E-state index contributed by atoms with van der Waals surface area (Å²) in [6, 6.07) is 23.1. The number of nitrogens with one attached hydrogen (secondary N) is 1. The summed E-state index contributed by atoms with van der Waals surface area (Å²) in [4.78, 5) is 17.1. The van der Waals surface area contributed by atoms with Gasteiger partial charge in [0.15, 0.2) is 0 Å². The normalized spacial score (nSPS) is 14.2. The van der Waals surface area contributed by atoms with Crippen molar-refractivity contribution in [3.05, 3.63) is 112 Å². The predicted molar refractivity (Wildman–Crippen MR) is 152 cm³/mol. The van der Waals surface area contributed by atoms with Crippen LogP contribution < -0.4 is 10.2 Å². The molecule has 194 valence electrons. The van der Waals surface area contributed by atoms with Gasteiger partial charge in [0.1, 0.15) is 17.3 Å². The van der Waals surface area contributed by atoms with Gasteiger partial charge in [-0.3, -0.25) is 9.69 Å². The number of benzene rings is 3. The first-order chi connectivity index (χ1) is 18.4. The van der Waals surface area contributed by atoms with Crippen molar-refractivity contribution in [3.63, 3.8) is 0 Å². The van der Waals surface area contributed by atoms with Crippen LogP contribution >= 0.6 is 23.2 Å². The summed E-state index contributed by atoms with van der Waals surface area (Å²) < 4.78 is 18.9. The molecule has 1 aromatic heterocycles. The van der Waals surface area contributed by atoms with E-state index in [1.54, 1.807) is 36.4 Å². The molecule has 0 radical (unpaired) electrons. The smallest absolute Gasteiger partial charge is 0.248 e. The maximum Gasteiger partial charge on any atom is 0.248 e. The highest BCUT2D eigenvalue weighted by Gasteiger charge is 2.20. The third kappa shape index (κ3) is 6.45. The lowest BCUT2D eigenvalue weighted by Crippen LogP contribution is -2.46. The molecule has 0 spiro atoms. The van der Waals surface area contributed by atoms with Gasteiger partial charge in [-0.25, -0.2) is 4.39 Å². The lowest BCUT2D eigenvalue weighted by atomic mass is 10.2. The molecular formula is C30H26Cl2FN3O2. The van der Waals surface area contributed by atoms with Crippen molar-refractivity contribution in [3.8, 4) is 11.3 Å². The maximum absolute atomic E-state index is 13.1. The van der Waals surface area contributed by atoms with Crippen molar-refractivity contribution < 1.29 is 13.6 Å². The molecular weight excluding hydrogens is 524 g/mol. The van der Waals surface area contributed by atoms with Crippen LogP contribution in [0.3, 0.4) is 0 Å². The van der Waals surface area contributed by atoms with Gasteiger partial charge in [-0.2, -0.15) is 0 Å². The summed E-state index contributed by atoms with van der Waals surface area (Å²) in [7, 11) is 0. The Kier molecular flexibility index (Phi) is 8.13. The lowest BCUT2D eigenvalue weighted by Gasteiger charge is -2.36. The number of furan rings is 1. The highest BCUT2D eigenvalue weighted by molar-refractivity contribution is 6.33. The van der Waals surface area contributed by atoms with E-state index in [1.165, 1.54) is 18.2 Å². The number of piperazine rings is 1. The molecule has 1 fully saturated rings. The van der Waals surface area contributed by atoms with Crippen molar-refractivity contribution in [2.75, 3.05) is 36.4 Å². The van der Waals surface area contributed by atoms with E-state index >= 15 is 0 Å². The van der Waals surface area contributed by atoms with E-state index in [-0.39, 0.29) is 11.7 Å². The summed E-state index contributed by atoms with van der Waals surface area (Å²) in [5.74, 6) is 0.498. The number of anilines is 2. The summed E-state index contributed by atoms with van der Waals surface area (Å²) in [5.41, 5.74) is 3.45. The molecule has 8 heteroatoms. The number of hydrogen-bond acceptors (Lipinski definition) is 4. The second-order valence-corrected chi connectivity index (χ2v) is 9.87. The van der Waals surface area contributed by atoms with Gasteiger partial charge in [0.05, 0.1) is 10.7 Å². The third-order valence-electron chi connectivity index (χ3n) is 6.43. The Morgan fingerprint density at radius 2 is 1.68 bits per heavy atom. The summed E-state index contributed by atoms with van der Waals surface area (Å²) in [6.07, 6.45) is 2.98. The molecule has 5 nitrogen and oxygen atoms in total. The first kappa shape index (κ1) is 26.0. The van der Waals surface area contributed by atoms with Gasteiger partial charge in [0, 0.05) is 55.1 Å². The minimum Gasteiger partial charge on any atom is -0.457 e. The van der Waals surface area contributed by atoms with E-state index in [0.717, 1.165) is 54.6 Å². The number of halogens is 3. The summed E-state index contributed by atoms with van der Waals surface area (Å²) >= 11 is 12.9. The number of rotatable bonds is 7. The van der Waals surface area contributed by atoms with Crippen molar-refractivity contribution >= 4 is 46.6 Å². The van der Waals surface area contributed by atoms with Gasteiger partial charge in [0.2, 0.25) is 5.91 Å². The highest BCUT2D eigenvalue weighted by atomic mass is 35.5. The molecule has 0 saturated carbocycles. The van der Waals surface area contributed by atoms with Gasteiger partial charge in [-0.15, -0.1) is 0 Å². The van der Waals surface area contributed by atoms with E-state index in [9.17, 15) is 9.18 Å². The molecule has 1 saturated heterocycles. The number of nitrogens with zero attached hydrogens (tertiary/aromatic N) is 2. The van der Waals surface area contributed by atoms with Crippen molar-refractivity contribution in [1.29, 1.82) is 0 Å². The summed E-state index contributed by atoms with van der Waals surface area (Å²) in [5, 5.41) is 4.21. The Labute approximate surface area is 231 Å². The average Bonchev–Trinajstić information content (AvgIpc) is 3.39. The fourth-order valence-corrected chi connectivity index (χ4v) is 4.90. The predicted octanol–water partition coefficient (Wildman–Crippen LogP) is 7.37. The van der Waals surface area contributed by atoms with Crippen LogP contribution in [-0.4, -0.2) is 37.0 Å². The van der Waals surface area contributed by atoms with Crippen LogP contribution in [0.15, 0.2) is 89.4 Å². The number of carbonyl (C=O) groups excluding carboxylic acids is 1. The molecule has 1 aliphatic heterocycles. The Morgan fingerprint density at radius 3 is 2.42 bits per heavy atom. The van der Waals surface area contributed by atoms with E-state index in [1.807, 2.05) is 30.3 Å². The molecule has 3 aromatic carbocycles. The molecule has 1 amide bonds. The second-order valence-electron chi connectivity index (χ2n) is 9.05. The van der Waals surface area contributed by atoms with Crippen LogP contribution in [0, 0.1) is 5.82 Å². The van der Waals surface area contributed by atoms with E-state index < -0.39 is 0 Å². The van der Waals surface area contributed by atoms with Crippen LogP contribution in [0.1, 0.15) is 11.3 Å². The zero-order valence-corrected chi connectivity index (χ0v) is 22.1. The van der Waals surface area contributed by atoms with Crippen LogP contribution in [0.5, 0.6) is 0 Å². The largest absolute Gasteiger partial charge is 0.457 e. The topological polar surface area (TPSA) is 48.7 Å². The van der Waals surface area contributed by atoms with Gasteiger partial charge < -0.3 is 14.6 Å². The number of amides is 1. The quantitative estimate of drug-likeness (QED) is 0.244. The number of carbonyl (C=O) groups is 1. The molecule has 38 heavy (non-hydrogen) atoms. The van der Waals surface area contributed by atoms with Gasteiger partial charge in [-0.1, -0.05) is 41.4 Å². The van der Waals surface area contributed by atoms with Gasteiger partial charge in [-0.05, 0) is 72.3 Å². The monoisotopic (exact) mass is 549 g/mol. The zero-order valence-electron chi connectivity index (χ0n) is 20.5. The minimum atomic E-state index is -0.308. The Bertz CT molecular complexity index is 1440. The Balaban J connectivity index is 1.14. The maximum atomic E-state index is 13.1. The van der Waals surface area contributed by atoms with Crippen molar-refractivity contribution in [1.82, 2.24) is 4.90 Å². The van der Waals surface area contributed by atoms with Crippen LogP contribution in [0.4, 0.5) is 15.8 Å². The lowest BCUT2D eigenvalue weighted by molar-refractivity contribution is -0.111. The molecule has 5 rings (SSSR count). The van der Waals surface area contributed by atoms with E-state index in [4.69, 9.17) is 27.6 Å². The zero-order chi connectivity index (χ0) is 26.5. The summed E-state index contributed by atoms with van der Waals surface area (Å²) in [6.45, 7) is 4.33. The molecule has 0 unspecified atom stereocenters. The Hall–Kier alpha value is -3.58. The SMILES string of the molecule is O=C(/C=C/c1ccc(-c2ccc(F)cc2)o1)Nc1ccc(N2CCN(Cc3ccccc3Cl)CC2)c(Cl)c1. The molecule has 1 aliphatic rings. The van der Waals surface area contributed by atoms with E-state index in [2.05, 4.69) is 21.2 Å². The molecule has 0 aliphatic carbocycles. The molecule has 0 atom stereocenters. The first-order valence-electron chi connectivity index (χ1n) is 12.3. The average molecular weight is 550 g/mol. The fourth-order valence-electron chi connectivity index (χ4n) is 4.41. The minimum absolute atomic E-state index is 0.304. The molecule has 0 bridgehead atoms. The molecule has 1 N–H and O–H groups in total. The fraction of sp³-hybridized carbons (Fsp3) is 0.167. The number of hydrogen-bond donors (Lipinski definition) is 1. The van der Waals surface area contributed by atoms with Crippen LogP contribution in [-0.2, 0) is 11.3 Å². The third-order valence-corrected chi connectivity index (χ3v) is 7.11. The van der Waals surface area contributed by atoms with Crippen molar-refractivity contribution in [2.24, 2.45) is 0 Å². The molecule has 4 aromatic rings. The van der Waals surface area contributed by atoms with Gasteiger partial charge in [0.25, 0.3) is 0 Å². The van der Waals surface area contributed by atoms with E-state index in [0.29, 0.717) is 22.2 Å². The van der Waals surface area contributed by atoms with Gasteiger partial charge >= 0.3 is 0 Å². The Morgan fingerprint density at radius 1 is 0.921 bits per heavy atom. The second kappa shape index (κ2) is 11.9. The van der Waals surface area contributed by atoms with Crippen LogP contribution in [0.25, 0.3) is 17.4 Å². The van der Waals surface area contributed by atoms with Crippen LogP contribution in [0.2, 0.25) is 10.0 Å².